The van der Waals surface area contributed by atoms with Gasteiger partial charge in [-0.15, -0.1) is 0 Å². The van der Waals surface area contributed by atoms with Gasteiger partial charge in [0.1, 0.15) is 6.61 Å². The van der Waals surface area contributed by atoms with Gasteiger partial charge < -0.3 is 15.4 Å². The highest BCUT2D eigenvalue weighted by molar-refractivity contribution is 9.11. The number of nitrogens with one attached hydrogen (secondary N) is 2. The number of amides is 2. The maximum absolute atomic E-state index is 11.9. The van der Waals surface area contributed by atoms with Crippen LogP contribution < -0.4 is 10.6 Å². The van der Waals surface area contributed by atoms with Crippen molar-refractivity contribution in [1.29, 1.82) is 0 Å². The number of ether oxygens (including phenoxy) is 1. The monoisotopic (exact) mass is 380 g/mol. The summed E-state index contributed by atoms with van der Waals surface area (Å²) < 4.78 is 41.0. The molecule has 4 nitrogen and oxygen atoms in total. The first-order valence-electron chi connectivity index (χ1n) is 6.33. The van der Waals surface area contributed by atoms with Gasteiger partial charge in [-0.3, -0.25) is 0 Å². The number of urea groups is 1. The maximum atomic E-state index is 11.9. The molecule has 0 spiro atoms. The second-order valence-electron chi connectivity index (χ2n) is 4.48. The summed E-state index contributed by atoms with van der Waals surface area (Å²) in [4.78, 5) is 11.4. The Labute approximate surface area is 134 Å². The van der Waals surface area contributed by atoms with Gasteiger partial charge in [0.2, 0.25) is 0 Å². The summed E-state index contributed by atoms with van der Waals surface area (Å²) in [5, 5.41) is 5.23. The van der Waals surface area contributed by atoms with E-state index in [0.29, 0.717) is 23.1 Å². The lowest BCUT2D eigenvalue weighted by molar-refractivity contribution is -0.176. The van der Waals surface area contributed by atoms with Crippen LogP contribution in [0.5, 0.6) is 0 Å². The van der Waals surface area contributed by atoms with E-state index in [1.807, 2.05) is 0 Å². The van der Waals surface area contributed by atoms with Gasteiger partial charge >= 0.3 is 12.2 Å². The molecule has 8 heteroatoms. The van der Waals surface area contributed by atoms with Crippen molar-refractivity contribution < 1.29 is 22.7 Å². The number of halogens is 4. The van der Waals surface area contributed by atoms with Crippen LogP contribution in [0.3, 0.4) is 0 Å². The van der Waals surface area contributed by atoms with Crippen molar-refractivity contribution in [1.82, 2.24) is 10.6 Å². The Balaban J connectivity index is 2.32. The Morgan fingerprint density at radius 1 is 1.18 bits per heavy atom. The third kappa shape index (κ3) is 8.68. The van der Waals surface area contributed by atoms with Crippen molar-refractivity contribution in [2.75, 3.05) is 13.2 Å². The number of carbonyl (C=O) groups excluding carboxylic acids is 1. The molecule has 122 valence electrons. The lowest BCUT2D eigenvalue weighted by atomic mass is 10.1. The molecule has 2 N–H and O–H groups in total. The number of carbonyl (C=O) groups is 1. The van der Waals surface area contributed by atoms with Crippen molar-refractivity contribution in [3.8, 4) is 0 Å². The molecule has 1 aromatic rings. The van der Waals surface area contributed by atoms with Crippen LogP contribution in [0, 0.1) is 0 Å². The molecule has 0 atom stereocenters. The molecule has 2 amide bonds. The van der Waals surface area contributed by atoms with Crippen molar-refractivity contribution in [3.05, 3.63) is 46.5 Å². The molecule has 0 unspecified atom stereocenters. The van der Waals surface area contributed by atoms with Crippen LogP contribution >= 0.6 is 15.9 Å². The van der Waals surface area contributed by atoms with Gasteiger partial charge in [-0.2, -0.15) is 13.2 Å². The minimum absolute atomic E-state index is 0.110. The Bertz CT molecular complexity index is 504. The van der Waals surface area contributed by atoms with Crippen molar-refractivity contribution in [3.63, 3.8) is 0 Å². The fourth-order valence-electron chi connectivity index (χ4n) is 1.46. The number of alkyl halides is 3. The van der Waals surface area contributed by atoms with Crippen LogP contribution in [0.2, 0.25) is 0 Å². The van der Waals surface area contributed by atoms with Crippen LogP contribution in [0.15, 0.2) is 35.3 Å². The molecule has 0 saturated heterocycles. The average molecular weight is 381 g/mol. The predicted molar refractivity (Wildman–Crippen MR) is 80.5 cm³/mol. The van der Waals surface area contributed by atoms with Gasteiger partial charge in [0.15, 0.2) is 0 Å². The van der Waals surface area contributed by atoms with Crippen molar-refractivity contribution >= 4 is 22.0 Å². The minimum Gasteiger partial charge on any atom is -0.367 e. The van der Waals surface area contributed by atoms with E-state index in [9.17, 15) is 18.0 Å². The third-order valence-electron chi connectivity index (χ3n) is 2.45. The molecule has 0 radical (unpaired) electrons. The Morgan fingerprint density at radius 2 is 1.77 bits per heavy atom. The molecule has 0 aliphatic carbocycles. The van der Waals surface area contributed by atoms with E-state index in [-0.39, 0.29) is 12.6 Å². The van der Waals surface area contributed by atoms with Crippen LogP contribution in [0.25, 0.3) is 0 Å². The topological polar surface area (TPSA) is 50.4 Å². The fraction of sp³-hybridized carbons (Fsp3) is 0.357. The van der Waals surface area contributed by atoms with E-state index in [0.717, 1.165) is 5.56 Å². The van der Waals surface area contributed by atoms with Crippen molar-refractivity contribution in [2.24, 2.45) is 0 Å². The Morgan fingerprint density at radius 3 is 2.32 bits per heavy atom. The zero-order chi connectivity index (χ0) is 16.6. The van der Waals surface area contributed by atoms with Crippen molar-refractivity contribution in [2.45, 2.75) is 19.3 Å². The SMILES string of the molecule is C=C(Br)CNC(=O)NCc1ccc(COCC(F)(F)F)cc1. The van der Waals surface area contributed by atoms with Crippen LogP contribution in [-0.4, -0.2) is 25.4 Å². The minimum atomic E-state index is -4.32. The quantitative estimate of drug-likeness (QED) is 0.760. The molecular weight excluding hydrogens is 365 g/mol. The standard InChI is InChI=1S/C14H16BrF3N2O2/c1-10(15)6-19-13(21)20-7-11-2-4-12(5-3-11)8-22-9-14(16,17)18/h2-5H,1,6-9H2,(H2,19,20,21). The Kier molecular flexibility index (Phi) is 7.40. The predicted octanol–water partition coefficient (Wildman–Crippen LogP) is 3.47. The molecule has 0 bridgehead atoms. The summed E-state index contributed by atoms with van der Waals surface area (Å²) in [6, 6.07) is 6.42. The first-order valence-corrected chi connectivity index (χ1v) is 7.13. The summed E-state index contributed by atoms with van der Waals surface area (Å²) in [7, 11) is 0. The zero-order valence-corrected chi connectivity index (χ0v) is 13.3. The lowest BCUT2D eigenvalue weighted by Crippen LogP contribution is -2.35. The summed E-state index contributed by atoms with van der Waals surface area (Å²) in [5.74, 6) is 0. The summed E-state index contributed by atoms with van der Waals surface area (Å²) >= 11 is 3.12. The molecule has 1 rings (SSSR count). The van der Waals surface area contributed by atoms with Gasteiger partial charge in [0.05, 0.1) is 13.2 Å². The molecule has 0 aliphatic heterocycles. The maximum Gasteiger partial charge on any atom is 0.411 e. The van der Waals surface area contributed by atoms with Gasteiger partial charge in [-0.25, -0.2) is 4.79 Å². The first kappa shape index (κ1) is 18.5. The van der Waals surface area contributed by atoms with E-state index < -0.39 is 12.8 Å². The van der Waals surface area contributed by atoms with Crippen LogP contribution in [0.1, 0.15) is 11.1 Å². The van der Waals surface area contributed by atoms with Crippen LogP contribution in [0.4, 0.5) is 18.0 Å². The van der Waals surface area contributed by atoms with Gasteiger partial charge in [0.25, 0.3) is 0 Å². The zero-order valence-electron chi connectivity index (χ0n) is 11.7. The highest BCUT2D eigenvalue weighted by Gasteiger charge is 2.27. The lowest BCUT2D eigenvalue weighted by Gasteiger charge is -2.09. The number of hydrogen-bond donors (Lipinski definition) is 2. The normalized spacial score (nSPS) is 11.1. The molecule has 0 aliphatic rings. The molecule has 1 aromatic carbocycles. The highest BCUT2D eigenvalue weighted by atomic mass is 79.9. The fourth-order valence-corrected chi connectivity index (χ4v) is 1.60. The summed E-state index contributed by atoms with van der Waals surface area (Å²) in [5.41, 5.74) is 1.46. The smallest absolute Gasteiger partial charge is 0.367 e. The highest BCUT2D eigenvalue weighted by Crippen LogP contribution is 2.15. The van der Waals surface area contributed by atoms with Crippen LogP contribution in [-0.2, 0) is 17.9 Å². The van der Waals surface area contributed by atoms with Gasteiger partial charge in [-0.05, 0) is 11.1 Å². The molecular formula is C14H16BrF3N2O2. The molecule has 22 heavy (non-hydrogen) atoms. The first-order chi connectivity index (χ1) is 10.3. The summed E-state index contributed by atoms with van der Waals surface area (Å²) in [6.45, 7) is 2.84. The van der Waals surface area contributed by atoms with Gasteiger partial charge in [0, 0.05) is 11.0 Å². The molecule has 0 fully saturated rings. The third-order valence-corrected chi connectivity index (χ3v) is 2.73. The summed E-state index contributed by atoms with van der Waals surface area (Å²) in [6.07, 6.45) is -4.32. The second kappa shape index (κ2) is 8.79. The second-order valence-corrected chi connectivity index (χ2v) is 5.60. The largest absolute Gasteiger partial charge is 0.411 e. The van der Waals surface area contributed by atoms with E-state index in [1.54, 1.807) is 24.3 Å². The van der Waals surface area contributed by atoms with E-state index in [4.69, 9.17) is 0 Å². The Hall–Kier alpha value is -1.54. The van der Waals surface area contributed by atoms with E-state index in [1.165, 1.54) is 0 Å². The van der Waals surface area contributed by atoms with E-state index >= 15 is 0 Å². The number of rotatable bonds is 7. The molecule has 0 aromatic heterocycles. The van der Waals surface area contributed by atoms with E-state index in [2.05, 4.69) is 37.9 Å². The number of benzene rings is 1. The van der Waals surface area contributed by atoms with Gasteiger partial charge in [-0.1, -0.05) is 46.8 Å². The average Bonchev–Trinajstić information content (AvgIpc) is 2.43. The number of hydrogen-bond acceptors (Lipinski definition) is 2. The molecule has 0 heterocycles. The molecule has 0 saturated carbocycles.